The van der Waals surface area contributed by atoms with Crippen LogP contribution in [-0.4, -0.2) is 23.8 Å². The molecule has 1 radical (unpaired) electrons. The third-order valence-electron chi connectivity index (χ3n) is 1.53. The van der Waals surface area contributed by atoms with Crippen molar-refractivity contribution < 1.29 is 5.11 Å². The minimum atomic E-state index is -0.634. The standard InChI is InChI=1S/C6H12NO/c1-6(8)2-4-7-5-3-6/h7-8H,1-5H2. The minimum absolute atomic E-state index is 0.634. The highest BCUT2D eigenvalue weighted by Gasteiger charge is 2.22. The Bertz CT molecular complexity index is 72.6. The Balaban J connectivity index is 2.33. The van der Waals surface area contributed by atoms with E-state index in [1.54, 1.807) is 0 Å². The van der Waals surface area contributed by atoms with Crippen molar-refractivity contribution in [2.24, 2.45) is 0 Å². The van der Waals surface area contributed by atoms with Crippen molar-refractivity contribution in [3.63, 3.8) is 0 Å². The summed E-state index contributed by atoms with van der Waals surface area (Å²) in [6.45, 7) is 5.45. The third kappa shape index (κ3) is 1.46. The van der Waals surface area contributed by atoms with Crippen LogP contribution in [0.25, 0.3) is 0 Å². The topological polar surface area (TPSA) is 32.3 Å². The van der Waals surface area contributed by atoms with Crippen LogP contribution in [0.4, 0.5) is 0 Å². The normalized spacial score (nSPS) is 27.8. The molecule has 1 aliphatic heterocycles. The molecule has 2 nitrogen and oxygen atoms in total. The fourth-order valence-electron chi connectivity index (χ4n) is 0.892. The van der Waals surface area contributed by atoms with E-state index in [1.165, 1.54) is 0 Å². The van der Waals surface area contributed by atoms with Crippen LogP contribution < -0.4 is 5.32 Å². The van der Waals surface area contributed by atoms with E-state index in [0.29, 0.717) is 0 Å². The van der Waals surface area contributed by atoms with Crippen LogP contribution in [0.15, 0.2) is 0 Å². The number of rotatable bonds is 0. The summed E-state index contributed by atoms with van der Waals surface area (Å²) in [4.78, 5) is 0. The van der Waals surface area contributed by atoms with Gasteiger partial charge >= 0.3 is 0 Å². The number of aliphatic hydroxyl groups is 1. The number of nitrogens with one attached hydrogen (secondary N) is 1. The van der Waals surface area contributed by atoms with E-state index in [4.69, 9.17) is 0 Å². The minimum Gasteiger partial charge on any atom is -0.390 e. The molecule has 1 fully saturated rings. The second-order valence-electron chi connectivity index (χ2n) is 2.47. The van der Waals surface area contributed by atoms with Crippen LogP contribution >= 0.6 is 0 Å². The molecule has 0 amide bonds. The van der Waals surface area contributed by atoms with Gasteiger partial charge in [-0.1, -0.05) is 0 Å². The molecular weight excluding hydrogens is 102 g/mol. The monoisotopic (exact) mass is 114 g/mol. The molecular formula is C6H12NO. The molecule has 0 bridgehead atoms. The van der Waals surface area contributed by atoms with Crippen molar-refractivity contribution in [2.75, 3.05) is 13.1 Å². The number of hydrogen-bond acceptors (Lipinski definition) is 2. The van der Waals surface area contributed by atoms with Crippen molar-refractivity contribution in [2.45, 2.75) is 18.4 Å². The number of piperidine rings is 1. The zero-order chi connectivity index (χ0) is 6.04. The largest absolute Gasteiger partial charge is 0.390 e. The molecule has 0 atom stereocenters. The summed E-state index contributed by atoms with van der Waals surface area (Å²) in [5.74, 6) is 0. The molecule has 0 aromatic heterocycles. The van der Waals surface area contributed by atoms with Gasteiger partial charge in [0, 0.05) is 0 Å². The predicted octanol–water partition coefficient (Wildman–Crippen LogP) is -0.0650. The second kappa shape index (κ2) is 2.03. The van der Waals surface area contributed by atoms with Gasteiger partial charge < -0.3 is 10.4 Å². The molecule has 1 aliphatic rings. The van der Waals surface area contributed by atoms with Crippen LogP contribution in [0.3, 0.4) is 0 Å². The van der Waals surface area contributed by atoms with Crippen LogP contribution in [0, 0.1) is 6.92 Å². The van der Waals surface area contributed by atoms with Gasteiger partial charge in [-0.25, -0.2) is 0 Å². The van der Waals surface area contributed by atoms with Gasteiger partial charge in [0.05, 0.1) is 5.60 Å². The molecule has 0 aliphatic carbocycles. The summed E-state index contributed by atoms with van der Waals surface area (Å²) in [6.07, 6.45) is 1.57. The average molecular weight is 114 g/mol. The fraction of sp³-hybridized carbons (Fsp3) is 0.833. The van der Waals surface area contributed by atoms with Crippen molar-refractivity contribution in [1.29, 1.82) is 0 Å². The Morgan fingerprint density at radius 2 is 1.88 bits per heavy atom. The molecule has 2 N–H and O–H groups in total. The van der Waals surface area contributed by atoms with Crippen LogP contribution in [0.5, 0.6) is 0 Å². The Morgan fingerprint density at radius 1 is 1.38 bits per heavy atom. The van der Waals surface area contributed by atoms with E-state index in [2.05, 4.69) is 12.2 Å². The highest BCUT2D eigenvalue weighted by Crippen LogP contribution is 2.14. The maximum absolute atomic E-state index is 9.22. The summed E-state index contributed by atoms with van der Waals surface area (Å²) < 4.78 is 0. The Hall–Kier alpha value is -0.0800. The first kappa shape index (κ1) is 6.05. The summed E-state index contributed by atoms with van der Waals surface area (Å²) in [7, 11) is 0. The molecule has 0 aromatic carbocycles. The van der Waals surface area contributed by atoms with E-state index >= 15 is 0 Å². The van der Waals surface area contributed by atoms with Gasteiger partial charge in [0.15, 0.2) is 0 Å². The molecule has 2 heteroatoms. The van der Waals surface area contributed by atoms with E-state index in [9.17, 15) is 5.11 Å². The first-order chi connectivity index (χ1) is 3.71. The Morgan fingerprint density at radius 3 is 2.12 bits per heavy atom. The molecule has 8 heavy (non-hydrogen) atoms. The quantitative estimate of drug-likeness (QED) is 0.462. The molecule has 0 spiro atoms. The van der Waals surface area contributed by atoms with Crippen molar-refractivity contribution in [1.82, 2.24) is 5.32 Å². The van der Waals surface area contributed by atoms with Gasteiger partial charge in [0.1, 0.15) is 0 Å². The van der Waals surface area contributed by atoms with Gasteiger partial charge in [0.2, 0.25) is 0 Å². The van der Waals surface area contributed by atoms with E-state index in [0.717, 1.165) is 25.9 Å². The van der Waals surface area contributed by atoms with Gasteiger partial charge in [-0.2, -0.15) is 0 Å². The fourth-order valence-corrected chi connectivity index (χ4v) is 0.892. The first-order valence-corrected chi connectivity index (χ1v) is 2.99. The summed E-state index contributed by atoms with van der Waals surface area (Å²) >= 11 is 0. The van der Waals surface area contributed by atoms with Crippen molar-refractivity contribution >= 4 is 0 Å². The summed E-state index contributed by atoms with van der Waals surface area (Å²) in [6, 6.07) is 0. The van der Waals surface area contributed by atoms with Crippen molar-refractivity contribution in [3.05, 3.63) is 6.92 Å². The Labute approximate surface area is 49.9 Å². The predicted molar refractivity (Wildman–Crippen MR) is 32.4 cm³/mol. The van der Waals surface area contributed by atoms with Gasteiger partial charge in [-0.3, -0.25) is 0 Å². The van der Waals surface area contributed by atoms with Crippen molar-refractivity contribution in [3.8, 4) is 0 Å². The zero-order valence-electron chi connectivity index (χ0n) is 4.98. The van der Waals surface area contributed by atoms with Gasteiger partial charge in [0.25, 0.3) is 0 Å². The smallest absolute Gasteiger partial charge is 0.0673 e. The lowest BCUT2D eigenvalue weighted by Crippen LogP contribution is -2.39. The molecule has 47 valence electrons. The SMILES string of the molecule is [CH2]C1(O)CCNCC1. The lowest BCUT2D eigenvalue weighted by molar-refractivity contribution is 0.0553. The molecule has 1 rings (SSSR count). The van der Waals surface area contributed by atoms with E-state index < -0.39 is 5.60 Å². The first-order valence-electron chi connectivity index (χ1n) is 2.99. The lowest BCUT2D eigenvalue weighted by atomic mass is 9.95. The average Bonchev–Trinajstić information content (AvgIpc) is 1.65. The van der Waals surface area contributed by atoms with E-state index in [-0.39, 0.29) is 0 Å². The second-order valence-corrected chi connectivity index (χ2v) is 2.47. The summed E-state index contributed by atoms with van der Waals surface area (Å²) in [5, 5.41) is 12.4. The van der Waals surface area contributed by atoms with Gasteiger partial charge in [-0.15, -0.1) is 0 Å². The van der Waals surface area contributed by atoms with Crippen LogP contribution in [0.2, 0.25) is 0 Å². The molecule has 0 unspecified atom stereocenters. The summed E-state index contributed by atoms with van der Waals surface area (Å²) in [5.41, 5.74) is -0.634. The molecule has 0 saturated carbocycles. The third-order valence-corrected chi connectivity index (χ3v) is 1.53. The van der Waals surface area contributed by atoms with Crippen LogP contribution in [0.1, 0.15) is 12.8 Å². The maximum atomic E-state index is 9.22. The lowest BCUT2D eigenvalue weighted by Gasteiger charge is -2.27. The van der Waals surface area contributed by atoms with Crippen LogP contribution in [-0.2, 0) is 0 Å². The molecule has 0 aromatic rings. The number of hydrogen-bond donors (Lipinski definition) is 2. The molecule has 1 saturated heterocycles. The maximum Gasteiger partial charge on any atom is 0.0673 e. The van der Waals surface area contributed by atoms with E-state index in [1.807, 2.05) is 0 Å². The zero-order valence-corrected chi connectivity index (χ0v) is 4.98. The molecule has 1 heterocycles. The highest BCUT2D eigenvalue weighted by molar-refractivity contribution is 4.85. The van der Waals surface area contributed by atoms with Gasteiger partial charge in [-0.05, 0) is 32.9 Å². The highest BCUT2D eigenvalue weighted by atomic mass is 16.3. The Kier molecular flexibility index (Phi) is 1.54.